The Bertz CT molecular complexity index is 322. The number of rotatable bonds is 7. The highest BCUT2D eigenvalue weighted by Gasteiger charge is 2.25. The minimum absolute atomic E-state index is 0. The second kappa shape index (κ2) is 10.9. The molecule has 2 amide bonds. The lowest BCUT2D eigenvalue weighted by Crippen LogP contribution is -2.47. The summed E-state index contributed by atoms with van der Waals surface area (Å²) >= 11 is 0. The number of carbonyl (C=O) groups excluding carboxylic acids is 2. The fourth-order valence-electron chi connectivity index (χ4n) is 2.84. The topological polar surface area (TPSA) is 66.6 Å². The van der Waals surface area contributed by atoms with Crippen molar-refractivity contribution < 1.29 is 9.59 Å². The van der Waals surface area contributed by atoms with Crippen LogP contribution in [0.3, 0.4) is 0 Å². The summed E-state index contributed by atoms with van der Waals surface area (Å²) in [5.74, 6) is 0.310. The largest absolute Gasteiger partial charge is 0.343 e. The molecule has 0 radical (unpaired) electrons. The first-order valence-corrected chi connectivity index (χ1v) is 7.91. The summed E-state index contributed by atoms with van der Waals surface area (Å²) in [6.45, 7) is 6.81. The lowest BCUT2D eigenvalue weighted by atomic mass is 10.0. The zero-order valence-electron chi connectivity index (χ0n) is 13.3. The van der Waals surface area contributed by atoms with Crippen LogP contribution in [-0.4, -0.2) is 53.8 Å². The van der Waals surface area contributed by atoms with Gasteiger partial charge < -0.3 is 15.5 Å². The van der Waals surface area contributed by atoms with Crippen LogP contribution in [0.15, 0.2) is 0 Å². The predicted octanol–water partition coefficient (Wildman–Crippen LogP) is 1.79. The maximum atomic E-state index is 12.2. The van der Waals surface area contributed by atoms with Gasteiger partial charge in [0.05, 0.1) is 0 Å². The van der Waals surface area contributed by atoms with Gasteiger partial charge in [0.1, 0.15) is 0 Å². The first-order valence-electron chi connectivity index (χ1n) is 7.91. The van der Waals surface area contributed by atoms with Crippen LogP contribution in [0.25, 0.3) is 0 Å². The number of hydrogen-bond acceptors (Lipinski definition) is 3. The number of likely N-dealkylation sites (tertiary alicyclic amines) is 1. The number of nitrogens with zero attached hydrogens (tertiary/aromatic N) is 2. The van der Waals surface area contributed by atoms with E-state index in [0.29, 0.717) is 25.8 Å². The Balaban J connectivity index is 0.00000400. The number of nitrogens with two attached hydrogens (primary N) is 1. The van der Waals surface area contributed by atoms with Crippen molar-refractivity contribution in [2.24, 2.45) is 5.73 Å². The summed E-state index contributed by atoms with van der Waals surface area (Å²) in [4.78, 5) is 27.8. The van der Waals surface area contributed by atoms with Gasteiger partial charge in [0.15, 0.2) is 0 Å². The van der Waals surface area contributed by atoms with Gasteiger partial charge in [0.25, 0.3) is 0 Å². The molecule has 1 aliphatic heterocycles. The van der Waals surface area contributed by atoms with E-state index in [9.17, 15) is 9.59 Å². The standard InChI is InChI=1S/C15H29N3O2.ClH/c1-3-17(4-2)14(19)9-7-10-15(20)18-11-6-5-8-13(18)12-16;/h13H,3-12,16H2,1-2H3;1H. The van der Waals surface area contributed by atoms with Crippen molar-refractivity contribution in [3.05, 3.63) is 0 Å². The molecule has 1 fully saturated rings. The molecule has 1 unspecified atom stereocenters. The Kier molecular flexibility index (Phi) is 10.4. The Morgan fingerprint density at radius 1 is 1.19 bits per heavy atom. The van der Waals surface area contributed by atoms with Crippen LogP contribution in [0.4, 0.5) is 0 Å². The van der Waals surface area contributed by atoms with Gasteiger partial charge in [-0.25, -0.2) is 0 Å². The SMILES string of the molecule is CCN(CC)C(=O)CCCC(=O)N1CCCCC1CN.Cl. The number of carbonyl (C=O) groups is 2. The molecule has 0 aromatic heterocycles. The van der Waals surface area contributed by atoms with Gasteiger partial charge in [-0.2, -0.15) is 0 Å². The second-order valence-electron chi connectivity index (χ2n) is 5.39. The maximum absolute atomic E-state index is 12.2. The van der Waals surface area contributed by atoms with Crippen LogP contribution in [0.1, 0.15) is 52.4 Å². The quantitative estimate of drug-likeness (QED) is 0.778. The fraction of sp³-hybridized carbons (Fsp3) is 0.867. The molecule has 0 spiro atoms. The van der Waals surface area contributed by atoms with Crippen LogP contribution in [0, 0.1) is 0 Å². The summed E-state index contributed by atoms with van der Waals surface area (Å²) in [7, 11) is 0. The van der Waals surface area contributed by atoms with Crippen molar-refractivity contribution in [2.45, 2.75) is 58.4 Å². The van der Waals surface area contributed by atoms with Crippen LogP contribution in [-0.2, 0) is 9.59 Å². The summed E-state index contributed by atoms with van der Waals surface area (Å²) in [6.07, 6.45) is 4.81. The average Bonchev–Trinajstić information content (AvgIpc) is 2.48. The monoisotopic (exact) mass is 319 g/mol. The summed E-state index contributed by atoms with van der Waals surface area (Å²) in [5, 5.41) is 0. The minimum atomic E-state index is 0. The summed E-state index contributed by atoms with van der Waals surface area (Å²) in [5.41, 5.74) is 5.73. The van der Waals surface area contributed by atoms with Crippen molar-refractivity contribution in [3.63, 3.8) is 0 Å². The maximum Gasteiger partial charge on any atom is 0.222 e. The molecule has 1 atom stereocenters. The molecular weight excluding hydrogens is 290 g/mol. The number of amides is 2. The average molecular weight is 320 g/mol. The Morgan fingerprint density at radius 3 is 2.43 bits per heavy atom. The molecule has 21 heavy (non-hydrogen) atoms. The third kappa shape index (κ3) is 6.22. The first kappa shape index (κ1) is 20.2. The van der Waals surface area contributed by atoms with E-state index >= 15 is 0 Å². The molecule has 1 aliphatic rings. The third-order valence-corrected chi connectivity index (χ3v) is 4.12. The van der Waals surface area contributed by atoms with Gasteiger partial charge >= 0.3 is 0 Å². The van der Waals surface area contributed by atoms with Gasteiger partial charge in [-0.1, -0.05) is 0 Å². The van der Waals surface area contributed by atoms with Crippen molar-refractivity contribution >= 4 is 24.2 Å². The second-order valence-corrected chi connectivity index (χ2v) is 5.39. The third-order valence-electron chi connectivity index (χ3n) is 4.12. The fourth-order valence-corrected chi connectivity index (χ4v) is 2.84. The van der Waals surface area contributed by atoms with Crippen LogP contribution in [0.5, 0.6) is 0 Å². The van der Waals surface area contributed by atoms with Crippen molar-refractivity contribution in [1.82, 2.24) is 9.80 Å². The highest BCUT2D eigenvalue weighted by molar-refractivity contribution is 5.85. The molecule has 0 aromatic rings. The van der Waals surface area contributed by atoms with Gasteiger partial charge in [-0.05, 0) is 39.5 Å². The lowest BCUT2D eigenvalue weighted by Gasteiger charge is -2.35. The lowest BCUT2D eigenvalue weighted by molar-refractivity contribution is -0.135. The van der Waals surface area contributed by atoms with Crippen molar-refractivity contribution in [1.29, 1.82) is 0 Å². The minimum Gasteiger partial charge on any atom is -0.343 e. The van der Waals surface area contributed by atoms with E-state index in [0.717, 1.165) is 38.9 Å². The van der Waals surface area contributed by atoms with Gasteiger partial charge in [0.2, 0.25) is 11.8 Å². The molecule has 5 nitrogen and oxygen atoms in total. The van der Waals surface area contributed by atoms with Crippen molar-refractivity contribution in [2.75, 3.05) is 26.2 Å². The molecule has 1 rings (SSSR count). The summed E-state index contributed by atoms with van der Waals surface area (Å²) < 4.78 is 0. The molecule has 124 valence electrons. The van der Waals surface area contributed by atoms with Gasteiger partial charge in [-0.3, -0.25) is 9.59 Å². The molecule has 1 heterocycles. The van der Waals surface area contributed by atoms with E-state index in [4.69, 9.17) is 5.73 Å². The van der Waals surface area contributed by atoms with Gasteiger partial charge in [0, 0.05) is 45.1 Å². The smallest absolute Gasteiger partial charge is 0.222 e. The van der Waals surface area contributed by atoms with Crippen LogP contribution < -0.4 is 5.73 Å². The van der Waals surface area contributed by atoms with E-state index in [1.54, 1.807) is 0 Å². The predicted molar refractivity (Wildman–Crippen MR) is 87.4 cm³/mol. The Labute approximate surface area is 134 Å². The van der Waals surface area contributed by atoms with E-state index in [-0.39, 0.29) is 30.3 Å². The molecular formula is C15H30ClN3O2. The normalized spacial score (nSPS) is 18.0. The Morgan fingerprint density at radius 2 is 1.86 bits per heavy atom. The van der Waals surface area contributed by atoms with E-state index in [1.807, 2.05) is 23.6 Å². The molecule has 2 N–H and O–H groups in total. The molecule has 0 aliphatic carbocycles. The van der Waals surface area contributed by atoms with Crippen LogP contribution >= 0.6 is 12.4 Å². The number of piperidine rings is 1. The van der Waals surface area contributed by atoms with E-state index < -0.39 is 0 Å². The number of hydrogen-bond donors (Lipinski definition) is 1. The van der Waals surface area contributed by atoms with E-state index in [1.165, 1.54) is 0 Å². The van der Waals surface area contributed by atoms with Crippen molar-refractivity contribution in [3.8, 4) is 0 Å². The van der Waals surface area contributed by atoms with Gasteiger partial charge in [-0.15, -0.1) is 12.4 Å². The highest BCUT2D eigenvalue weighted by Crippen LogP contribution is 2.18. The zero-order valence-corrected chi connectivity index (χ0v) is 14.2. The summed E-state index contributed by atoms with van der Waals surface area (Å²) in [6, 6.07) is 0.203. The molecule has 0 aromatic carbocycles. The molecule has 0 saturated carbocycles. The first-order chi connectivity index (χ1) is 9.63. The molecule has 1 saturated heterocycles. The van der Waals surface area contributed by atoms with Crippen LogP contribution in [0.2, 0.25) is 0 Å². The van der Waals surface area contributed by atoms with E-state index in [2.05, 4.69) is 0 Å². The highest BCUT2D eigenvalue weighted by atomic mass is 35.5. The number of halogens is 1. The molecule has 0 bridgehead atoms. The molecule has 6 heteroatoms. The zero-order chi connectivity index (χ0) is 15.0. The Hall–Kier alpha value is -0.810.